The second-order valence-corrected chi connectivity index (χ2v) is 4.63. The van der Waals surface area contributed by atoms with Gasteiger partial charge in [-0.25, -0.2) is 0 Å². The van der Waals surface area contributed by atoms with Crippen LogP contribution in [0.25, 0.3) is 6.08 Å². The highest BCUT2D eigenvalue weighted by Crippen LogP contribution is 2.07. The highest BCUT2D eigenvalue weighted by Gasteiger charge is 2.09. The van der Waals surface area contributed by atoms with Gasteiger partial charge in [0.25, 0.3) is 0 Å². The van der Waals surface area contributed by atoms with Crippen LogP contribution in [0.3, 0.4) is 0 Å². The summed E-state index contributed by atoms with van der Waals surface area (Å²) in [6.07, 6.45) is 9.89. The first-order valence-corrected chi connectivity index (χ1v) is 6.69. The molecule has 5 nitrogen and oxygen atoms in total. The zero-order valence-corrected chi connectivity index (χ0v) is 11.4. The smallest absolute Gasteiger partial charge is 0.320 e. The number of rotatable bonds is 9. The number of nitrogens with two attached hydrogens (primary N) is 1. The fraction of sp³-hybridized carbons (Fsp3) is 0.400. The predicted octanol–water partition coefficient (Wildman–Crippen LogP) is 2.03. The van der Waals surface area contributed by atoms with E-state index in [0.29, 0.717) is 12.8 Å². The van der Waals surface area contributed by atoms with Gasteiger partial charge in [0.05, 0.1) is 0 Å². The topological polar surface area (TPSA) is 93.3 Å². The van der Waals surface area contributed by atoms with Crippen molar-refractivity contribution in [3.8, 4) is 0 Å². The first-order valence-electron chi connectivity index (χ1n) is 6.69. The van der Waals surface area contributed by atoms with Crippen LogP contribution in [0.2, 0.25) is 0 Å². The molecule has 0 unspecified atom stereocenters. The van der Waals surface area contributed by atoms with Gasteiger partial charge in [0.15, 0.2) is 5.78 Å². The monoisotopic (exact) mass is 276 g/mol. The van der Waals surface area contributed by atoms with Crippen molar-refractivity contribution in [1.29, 1.82) is 0 Å². The number of aromatic nitrogens is 1. The largest absolute Gasteiger partial charge is 0.480 e. The number of carboxylic acids is 1. The summed E-state index contributed by atoms with van der Waals surface area (Å²) in [5.41, 5.74) is 6.28. The fourth-order valence-electron chi connectivity index (χ4n) is 1.71. The van der Waals surface area contributed by atoms with E-state index in [0.717, 1.165) is 24.8 Å². The number of carbonyl (C=O) groups excluding carboxylic acids is 1. The lowest BCUT2D eigenvalue weighted by molar-refractivity contribution is -0.138. The Labute approximate surface area is 118 Å². The van der Waals surface area contributed by atoms with Gasteiger partial charge in [-0.05, 0) is 36.6 Å². The lowest BCUT2D eigenvalue weighted by Gasteiger charge is -2.04. The molecule has 1 rings (SSSR count). The van der Waals surface area contributed by atoms with Crippen molar-refractivity contribution in [2.45, 2.75) is 38.1 Å². The maximum atomic E-state index is 11.6. The number of aliphatic carboxylic acids is 1. The number of pyridine rings is 1. The van der Waals surface area contributed by atoms with E-state index in [9.17, 15) is 9.59 Å². The minimum Gasteiger partial charge on any atom is -0.480 e. The van der Waals surface area contributed by atoms with Crippen LogP contribution in [0.4, 0.5) is 0 Å². The summed E-state index contributed by atoms with van der Waals surface area (Å²) in [7, 11) is 0. The summed E-state index contributed by atoms with van der Waals surface area (Å²) < 4.78 is 0. The van der Waals surface area contributed by atoms with Crippen LogP contribution in [0.15, 0.2) is 30.6 Å². The molecule has 0 saturated heterocycles. The molecule has 20 heavy (non-hydrogen) atoms. The molecule has 0 saturated carbocycles. The third-order valence-corrected chi connectivity index (χ3v) is 2.90. The molecule has 1 aromatic heterocycles. The van der Waals surface area contributed by atoms with Gasteiger partial charge in [-0.3, -0.25) is 14.6 Å². The summed E-state index contributed by atoms with van der Waals surface area (Å²) in [5.74, 6) is -0.906. The number of hydrogen-bond acceptors (Lipinski definition) is 4. The third kappa shape index (κ3) is 6.80. The third-order valence-electron chi connectivity index (χ3n) is 2.90. The van der Waals surface area contributed by atoms with Gasteiger partial charge in [-0.1, -0.05) is 18.9 Å². The highest BCUT2D eigenvalue weighted by molar-refractivity contribution is 5.93. The van der Waals surface area contributed by atoms with Gasteiger partial charge in [0.1, 0.15) is 6.04 Å². The first-order chi connectivity index (χ1) is 9.59. The Morgan fingerprint density at radius 1 is 1.35 bits per heavy atom. The Bertz CT molecular complexity index is 457. The number of unbranched alkanes of at least 4 members (excludes halogenated alkanes) is 2. The summed E-state index contributed by atoms with van der Waals surface area (Å²) in [4.78, 5) is 26.1. The molecule has 1 aromatic rings. The number of hydrogen-bond donors (Lipinski definition) is 2. The Balaban J connectivity index is 2.15. The summed E-state index contributed by atoms with van der Waals surface area (Å²) in [6.45, 7) is 0. The number of ketones is 1. The second-order valence-electron chi connectivity index (χ2n) is 4.63. The van der Waals surface area contributed by atoms with Crippen molar-refractivity contribution < 1.29 is 14.7 Å². The Hall–Kier alpha value is -2.01. The highest BCUT2D eigenvalue weighted by atomic mass is 16.4. The summed E-state index contributed by atoms with van der Waals surface area (Å²) >= 11 is 0. The van der Waals surface area contributed by atoms with Gasteiger partial charge in [0.2, 0.25) is 0 Å². The van der Waals surface area contributed by atoms with Crippen molar-refractivity contribution in [2.75, 3.05) is 0 Å². The summed E-state index contributed by atoms with van der Waals surface area (Å²) in [5, 5.41) is 8.61. The lowest BCUT2D eigenvalue weighted by atomic mass is 10.1. The van der Waals surface area contributed by atoms with Crippen molar-refractivity contribution in [1.82, 2.24) is 4.98 Å². The van der Waals surface area contributed by atoms with E-state index >= 15 is 0 Å². The van der Waals surface area contributed by atoms with Crippen molar-refractivity contribution in [3.05, 3.63) is 36.2 Å². The molecule has 108 valence electrons. The molecule has 0 spiro atoms. The van der Waals surface area contributed by atoms with E-state index in [1.807, 2.05) is 12.1 Å². The molecular weight excluding hydrogens is 256 g/mol. The SMILES string of the molecule is N[C@@H](CCCCCC(=O)/C=C/c1cccnc1)C(=O)O. The molecular formula is C15H20N2O3. The maximum absolute atomic E-state index is 11.6. The van der Waals surface area contributed by atoms with Crippen molar-refractivity contribution >= 4 is 17.8 Å². The maximum Gasteiger partial charge on any atom is 0.320 e. The number of allylic oxidation sites excluding steroid dienone is 1. The Kier molecular flexibility index (Phi) is 7.21. The zero-order chi connectivity index (χ0) is 14.8. The molecule has 0 aliphatic carbocycles. The molecule has 0 aliphatic heterocycles. The van der Waals surface area contributed by atoms with E-state index in [2.05, 4.69) is 4.98 Å². The standard InChI is InChI=1S/C15H20N2O3/c16-14(15(19)20)7-3-1-2-6-13(18)9-8-12-5-4-10-17-11-12/h4-5,8-11,14H,1-3,6-7,16H2,(H,19,20)/b9-8+/t14-/m0/s1. The second kappa shape index (κ2) is 8.98. The van der Waals surface area contributed by atoms with Crippen LogP contribution in [-0.4, -0.2) is 27.9 Å². The van der Waals surface area contributed by atoms with Crippen molar-refractivity contribution in [2.24, 2.45) is 5.73 Å². The van der Waals surface area contributed by atoms with Crippen LogP contribution < -0.4 is 5.73 Å². The van der Waals surface area contributed by atoms with E-state index in [1.165, 1.54) is 0 Å². The van der Waals surface area contributed by atoms with Gasteiger partial charge in [-0.15, -0.1) is 0 Å². The molecule has 0 amide bonds. The predicted molar refractivity (Wildman–Crippen MR) is 77.0 cm³/mol. The van der Waals surface area contributed by atoms with Crippen LogP contribution in [0, 0.1) is 0 Å². The van der Waals surface area contributed by atoms with E-state index in [-0.39, 0.29) is 5.78 Å². The average Bonchev–Trinajstić information content (AvgIpc) is 2.45. The first kappa shape index (κ1) is 16.0. The molecule has 0 bridgehead atoms. The quantitative estimate of drug-likeness (QED) is 0.531. The Morgan fingerprint density at radius 3 is 2.80 bits per heavy atom. The molecule has 3 N–H and O–H groups in total. The molecule has 1 heterocycles. The zero-order valence-electron chi connectivity index (χ0n) is 11.4. The molecule has 0 aliphatic rings. The Morgan fingerprint density at radius 2 is 2.15 bits per heavy atom. The lowest BCUT2D eigenvalue weighted by Crippen LogP contribution is -2.29. The van der Waals surface area contributed by atoms with Crippen LogP contribution >= 0.6 is 0 Å². The van der Waals surface area contributed by atoms with Gasteiger partial charge >= 0.3 is 5.97 Å². The van der Waals surface area contributed by atoms with E-state index < -0.39 is 12.0 Å². The van der Waals surface area contributed by atoms with E-state index in [4.69, 9.17) is 10.8 Å². The normalized spacial score (nSPS) is 12.4. The average molecular weight is 276 g/mol. The number of carbonyl (C=O) groups is 2. The van der Waals surface area contributed by atoms with Gasteiger partial charge < -0.3 is 10.8 Å². The molecule has 0 fully saturated rings. The van der Waals surface area contributed by atoms with Gasteiger partial charge in [-0.2, -0.15) is 0 Å². The van der Waals surface area contributed by atoms with Crippen LogP contribution in [0.1, 0.15) is 37.7 Å². The summed E-state index contributed by atoms with van der Waals surface area (Å²) in [6, 6.07) is 2.90. The molecule has 0 aromatic carbocycles. The van der Waals surface area contributed by atoms with Crippen molar-refractivity contribution in [3.63, 3.8) is 0 Å². The fourth-order valence-corrected chi connectivity index (χ4v) is 1.71. The minimum absolute atomic E-state index is 0.0661. The number of nitrogens with zero attached hydrogens (tertiary/aromatic N) is 1. The molecule has 0 radical (unpaired) electrons. The van der Waals surface area contributed by atoms with E-state index in [1.54, 1.807) is 24.5 Å². The van der Waals surface area contributed by atoms with Gasteiger partial charge in [0, 0.05) is 18.8 Å². The van der Waals surface area contributed by atoms with Crippen LogP contribution in [0.5, 0.6) is 0 Å². The minimum atomic E-state index is -0.972. The number of carboxylic acid groups (broad SMARTS) is 1. The molecule has 5 heteroatoms. The van der Waals surface area contributed by atoms with Crippen LogP contribution in [-0.2, 0) is 9.59 Å². The molecule has 1 atom stereocenters.